The molecule has 1 spiro atoms. The molecule has 1 aromatic heterocycles. The van der Waals surface area contributed by atoms with E-state index in [4.69, 9.17) is 0 Å². The molecule has 106 valence electrons. The first-order valence-electron chi connectivity index (χ1n) is 6.18. The zero-order chi connectivity index (χ0) is 14.3. The summed E-state index contributed by atoms with van der Waals surface area (Å²) in [7, 11) is 0. The third-order valence-electron chi connectivity index (χ3n) is 3.70. The Hall–Kier alpha value is -1.41. The van der Waals surface area contributed by atoms with Crippen molar-refractivity contribution in [2.24, 2.45) is 0 Å². The van der Waals surface area contributed by atoms with Crippen LogP contribution in [0.4, 0.5) is 4.79 Å². The van der Waals surface area contributed by atoms with Crippen molar-refractivity contribution >= 4 is 45.1 Å². The lowest BCUT2D eigenvalue weighted by atomic mass is 9.87. The molecule has 0 aromatic carbocycles. The summed E-state index contributed by atoms with van der Waals surface area (Å²) < 4.78 is 0.914. The fourth-order valence-electron chi connectivity index (χ4n) is 2.56. The molecule has 0 radical (unpaired) electrons. The number of carbonyl (C=O) groups is 3. The SMILES string of the molecule is O=C1NC(=O)C2(CCN(C(=O)c3ccc(Br)s3)CC2)N1. The van der Waals surface area contributed by atoms with Crippen LogP contribution in [0.2, 0.25) is 0 Å². The highest BCUT2D eigenvalue weighted by molar-refractivity contribution is 9.11. The number of hydrogen-bond acceptors (Lipinski definition) is 4. The first-order valence-corrected chi connectivity index (χ1v) is 7.79. The summed E-state index contributed by atoms with van der Waals surface area (Å²) in [6, 6.07) is 3.18. The maximum absolute atomic E-state index is 12.3. The van der Waals surface area contributed by atoms with Gasteiger partial charge in [0.1, 0.15) is 5.54 Å². The summed E-state index contributed by atoms with van der Waals surface area (Å²) in [5.41, 5.74) is -0.829. The lowest BCUT2D eigenvalue weighted by Crippen LogP contribution is -2.55. The summed E-state index contributed by atoms with van der Waals surface area (Å²) in [5.74, 6) is -0.311. The van der Waals surface area contributed by atoms with Crippen LogP contribution in [-0.4, -0.2) is 41.4 Å². The molecule has 0 unspecified atom stereocenters. The number of piperidine rings is 1. The molecule has 0 atom stereocenters. The Kier molecular flexibility index (Phi) is 3.29. The maximum atomic E-state index is 12.3. The van der Waals surface area contributed by atoms with Crippen LogP contribution in [0, 0.1) is 0 Å². The van der Waals surface area contributed by atoms with E-state index in [1.807, 2.05) is 6.07 Å². The third-order valence-corrected chi connectivity index (χ3v) is 5.31. The van der Waals surface area contributed by atoms with Crippen molar-refractivity contribution in [2.75, 3.05) is 13.1 Å². The molecular weight excluding hydrogens is 346 g/mol. The Morgan fingerprint density at radius 3 is 2.50 bits per heavy atom. The largest absolute Gasteiger partial charge is 0.338 e. The van der Waals surface area contributed by atoms with E-state index in [0.717, 1.165) is 3.79 Å². The van der Waals surface area contributed by atoms with Crippen LogP contribution in [0.25, 0.3) is 0 Å². The molecule has 3 rings (SSSR count). The smallest absolute Gasteiger partial charge is 0.322 e. The summed E-state index contributed by atoms with van der Waals surface area (Å²) in [6.45, 7) is 0.921. The number of nitrogens with one attached hydrogen (secondary N) is 2. The molecule has 2 N–H and O–H groups in total. The summed E-state index contributed by atoms with van der Waals surface area (Å²) in [6.07, 6.45) is 0.895. The van der Waals surface area contributed by atoms with Gasteiger partial charge in [-0.05, 0) is 40.9 Å². The van der Waals surface area contributed by atoms with E-state index in [1.165, 1.54) is 11.3 Å². The molecule has 2 saturated heterocycles. The number of urea groups is 1. The van der Waals surface area contributed by atoms with Crippen molar-refractivity contribution in [2.45, 2.75) is 18.4 Å². The molecule has 8 heteroatoms. The van der Waals surface area contributed by atoms with Gasteiger partial charge in [0, 0.05) is 13.1 Å². The second-order valence-corrected chi connectivity index (χ2v) is 7.35. The predicted octanol–water partition coefficient (Wildman–Crippen LogP) is 1.32. The van der Waals surface area contributed by atoms with Crippen molar-refractivity contribution in [3.63, 3.8) is 0 Å². The van der Waals surface area contributed by atoms with E-state index < -0.39 is 11.6 Å². The maximum Gasteiger partial charge on any atom is 0.322 e. The van der Waals surface area contributed by atoms with Crippen molar-refractivity contribution in [1.82, 2.24) is 15.5 Å². The third kappa shape index (κ3) is 2.22. The number of halogens is 1. The van der Waals surface area contributed by atoms with E-state index >= 15 is 0 Å². The number of imide groups is 1. The highest BCUT2D eigenvalue weighted by Gasteiger charge is 2.48. The Balaban J connectivity index is 1.68. The monoisotopic (exact) mass is 357 g/mol. The summed E-state index contributed by atoms with van der Waals surface area (Å²) >= 11 is 4.73. The molecule has 4 amide bonds. The van der Waals surface area contributed by atoms with Crippen LogP contribution < -0.4 is 10.6 Å². The van der Waals surface area contributed by atoms with Crippen molar-refractivity contribution in [3.8, 4) is 0 Å². The molecule has 20 heavy (non-hydrogen) atoms. The lowest BCUT2D eigenvalue weighted by Gasteiger charge is -2.36. The van der Waals surface area contributed by atoms with Gasteiger partial charge in [-0.1, -0.05) is 0 Å². The number of hydrogen-bond donors (Lipinski definition) is 2. The summed E-state index contributed by atoms with van der Waals surface area (Å²) in [5, 5.41) is 4.94. The standard InChI is InChI=1S/C12H12BrN3O3S/c13-8-2-1-7(20-8)9(17)16-5-3-12(4-6-16)10(18)14-11(19)15-12/h1-2H,3-6H2,(H2,14,15,18,19). The van der Waals surface area contributed by atoms with Gasteiger partial charge in [-0.15, -0.1) is 11.3 Å². The minimum atomic E-state index is -0.829. The van der Waals surface area contributed by atoms with Crippen LogP contribution in [-0.2, 0) is 4.79 Å². The predicted molar refractivity (Wildman–Crippen MR) is 76.6 cm³/mol. The average Bonchev–Trinajstić information content (AvgIpc) is 2.95. The normalized spacial score (nSPS) is 20.9. The van der Waals surface area contributed by atoms with Gasteiger partial charge in [-0.25, -0.2) is 4.79 Å². The highest BCUT2D eigenvalue weighted by Crippen LogP contribution is 2.28. The van der Waals surface area contributed by atoms with Gasteiger partial charge in [-0.3, -0.25) is 14.9 Å². The molecule has 1 aromatic rings. The average molecular weight is 358 g/mol. The zero-order valence-electron chi connectivity index (χ0n) is 10.4. The molecule has 0 aliphatic carbocycles. The van der Waals surface area contributed by atoms with E-state index in [-0.39, 0.29) is 11.8 Å². The van der Waals surface area contributed by atoms with Crippen molar-refractivity contribution in [3.05, 3.63) is 20.8 Å². The Bertz CT molecular complexity index is 593. The molecule has 2 aliphatic heterocycles. The van der Waals surface area contributed by atoms with Gasteiger partial charge >= 0.3 is 6.03 Å². The van der Waals surface area contributed by atoms with E-state index in [9.17, 15) is 14.4 Å². The van der Waals surface area contributed by atoms with Crippen LogP contribution in [0.1, 0.15) is 22.5 Å². The quantitative estimate of drug-likeness (QED) is 0.744. The second-order valence-electron chi connectivity index (χ2n) is 4.89. The van der Waals surface area contributed by atoms with E-state index in [2.05, 4.69) is 26.6 Å². The Morgan fingerprint density at radius 2 is 2.00 bits per heavy atom. The molecule has 0 saturated carbocycles. The molecule has 6 nitrogen and oxygen atoms in total. The van der Waals surface area contributed by atoms with Gasteiger partial charge in [0.2, 0.25) is 0 Å². The van der Waals surface area contributed by atoms with Crippen LogP contribution >= 0.6 is 27.3 Å². The fraction of sp³-hybridized carbons (Fsp3) is 0.417. The number of carbonyl (C=O) groups excluding carboxylic acids is 3. The lowest BCUT2D eigenvalue weighted by molar-refractivity contribution is -0.125. The molecule has 3 heterocycles. The molecule has 2 aliphatic rings. The van der Waals surface area contributed by atoms with Crippen LogP contribution in [0.5, 0.6) is 0 Å². The van der Waals surface area contributed by atoms with Gasteiger partial charge in [0.05, 0.1) is 8.66 Å². The van der Waals surface area contributed by atoms with Crippen molar-refractivity contribution < 1.29 is 14.4 Å². The first-order chi connectivity index (χ1) is 9.50. The van der Waals surface area contributed by atoms with Gasteiger partial charge in [-0.2, -0.15) is 0 Å². The minimum Gasteiger partial charge on any atom is -0.338 e. The molecule has 2 fully saturated rings. The van der Waals surface area contributed by atoms with Crippen LogP contribution in [0.15, 0.2) is 15.9 Å². The van der Waals surface area contributed by atoms with Gasteiger partial charge < -0.3 is 10.2 Å². The molecule has 0 bridgehead atoms. The Labute approximate surface area is 127 Å². The van der Waals surface area contributed by atoms with Crippen molar-refractivity contribution in [1.29, 1.82) is 0 Å². The number of rotatable bonds is 1. The topological polar surface area (TPSA) is 78.5 Å². The minimum absolute atomic E-state index is 0.0275. The van der Waals surface area contributed by atoms with Crippen LogP contribution in [0.3, 0.4) is 0 Å². The molecular formula is C12H12BrN3O3S. The summed E-state index contributed by atoms with van der Waals surface area (Å²) in [4.78, 5) is 37.7. The number of amides is 4. The number of thiophene rings is 1. The highest BCUT2D eigenvalue weighted by atomic mass is 79.9. The number of nitrogens with zero attached hydrogens (tertiary/aromatic N) is 1. The Morgan fingerprint density at radius 1 is 1.30 bits per heavy atom. The van der Waals surface area contributed by atoms with Gasteiger partial charge in [0.25, 0.3) is 11.8 Å². The second kappa shape index (κ2) is 4.85. The number of likely N-dealkylation sites (tertiary alicyclic amines) is 1. The zero-order valence-corrected chi connectivity index (χ0v) is 12.8. The van der Waals surface area contributed by atoms with Gasteiger partial charge in [0.15, 0.2) is 0 Å². The first kappa shape index (κ1) is 13.6. The van der Waals surface area contributed by atoms with E-state index in [1.54, 1.807) is 11.0 Å². The van der Waals surface area contributed by atoms with E-state index in [0.29, 0.717) is 30.8 Å². The fourth-order valence-corrected chi connectivity index (χ4v) is 3.91.